The SMILES string of the molecule is Nc1cccc(C(=O)Nc2cccc3ccccc23)c1. The number of nitrogens with one attached hydrogen (secondary N) is 1. The van der Waals surface area contributed by atoms with Crippen LogP contribution < -0.4 is 11.1 Å². The number of hydrogen-bond donors (Lipinski definition) is 2. The average Bonchev–Trinajstić information content (AvgIpc) is 2.47. The number of carbonyl (C=O) groups is 1. The summed E-state index contributed by atoms with van der Waals surface area (Å²) >= 11 is 0. The Hall–Kier alpha value is -2.81. The highest BCUT2D eigenvalue weighted by Crippen LogP contribution is 2.23. The molecule has 0 aliphatic heterocycles. The number of amides is 1. The first-order valence-electron chi connectivity index (χ1n) is 6.39. The minimum Gasteiger partial charge on any atom is -0.399 e. The average molecular weight is 262 g/mol. The zero-order valence-electron chi connectivity index (χ0n) is 10.8. The molecule has 3 heteroatoms. The number of carbonyl (C=O) groups excluding carboxylic acids is 1. The van der Waals surface area contributed by atoms with Crippen LogP contribution in [0.25, 0.3) is 10.8 Å². The van der Waals surface area contributed by atoms with Gasteiger partial charge in [-0.25, -0.2) is 0 Å². The highest BCUT2D eigenvalue weighted by atomic mass is 16.1. The second kappa shape index (κ2) is 5.05. The maximum absolute atomic E-state index is 12.2. The Morgan fingerprint density at radius 2 is 1.65 bits per heavy atom. The third kappa shape index (κ3) is 2.34. The monoisotopic (exact) mass is 262 g/mol. The number of hydrogen-bond acceptors (Lipinski definition) is 2. The van der Waals surface area contributed by atoms with Crippen LogP contribution >= 0.6 is 0 Å². The Morgan fingerprint density at radius 3 is 2.50 bits per heavy atom. The van der Waals surface area contributed by atoms with E-state index in [1.165, 1.54) is 0 Å². The Bertz CT molecular complexity index is 775. The molecule has 0 fully saturated rings. The molecule has 3 nitrogen and oxygen atoms in total. The summed E-state index contributed by atoms with van der Waals surface area (Å²) in [6.07, 6.45) is 0. The topological polar surface area (TPSA) is 55.1 Å². The van der Waals surface area contributed by atoms with E-state index in [-0.39, 0.29) is 5.91 Å². The van der Waals surface area contributed by atoms with Crippen LogP contribution in [0, 0.1) is 0 Å². The quantitative estimate of drug-likeness (QED) is 0.692. The van der Waals surface area contributed by atoms with Gasteiger partial charge in [0.25, 0.3) is 5.91 Å². The van der Waals surface area contributed by atoms with Gasteiger partial charge in [0.1, 0.15) is 0 Å². The molecule has 0 saturated carbocycles. The molecule has 0 saturated heterocycles. The van der Waals surface area contributed by atoms with E-state index < -0.39 is 0 Å². The summed E-state index contributed by atoms with van der Waals surface area (Å²) < 4.78 is 0. The first kappa shape index (κ1) is 12.2. The Morgan fingerprint density at radius 1 is 0.900 bits per heavy atom. The van der Waals surface area contributed by atoms with Crippen molar-refractivity contribution in [1.29, 1.82) is 0 Å². The van der Waals surface area contributed by atoms with Crippen LogP contribution in [0.3, 0.4) is 0 Å². The Kier molecular flexibility index (Phi) is 3.09. The minimum atomic E-state index is -0.159. The van der Waals surface area contributed by atoms with Crippen molar-refractivity contribution < 1.29 is 4.79 Å². The molecule has 0 heterocycles. The molecular weight excluding hydrogens is 248 g/mol. The van der Waals surface area contributed by atoms with Gasteiger partial charge in [-0.2, -0.15) is 0 Å². The van der Waals surface area contributed by atoms with E-state index in [1.807, 2.05) is 42.5 Å². The van der Waals surface area contributed by atoms with Crippen LogP contribution in [-0.2, 0) is 0 Å². The standard InChI is InChI=1S/C17H14N2O/c18-14-8-3-7-13(11-14)17(20)19-16-10-4-6-12-5-1-2-9-15(12)16/h1-11H,18H2,(H,19,20). The molecule has 0 aliphatic rings. The largest absolute Gasteiger partial charge is 0.399 e. The fourth-order valence-corrected chi connectivity index (χ4v) is 2.21. The smallest absolute Gasteiger partial charge is 0.255 e. The molecule has 3 aromatic rings. The number of rotatable bonds is 2. The van der Waals surface area contributed by atoms with Crippen molar-refractivity contribution in [2.45, 2.75) is 0 Å². The Labute approximate surface area is 117 Å². The normalized spacial score (nSPS) is 10.4. The van der Waals surface area contributed by atoms with Crippen molar-refractivity contribution in [1.82, 2.24) is 0 Å². The summed E-state index contributed by atoms with van der Waals surface area (Å²) in [7, 11) is 0. The van der Waals surface area contributed by atoms with Gasteiger partial charge in [0.05, 0.1) is 0 Å². The highest BCUT2D eigenvalue weighted by molar-refractivity contribution is 6.09. The first-order valence-corrected chi connectivity index (χ1v) is 6.39. The lowest BCUT2D eigenvalue weighted by Crippen LogP contribution is -2.12. The second-order valence-electron chi connectivity index (χ2n) is 4.61. The Balaban J connectivity index is 1.95. The fourth-order valence-electron chi connectivity index (χ4n) is 2.21. The fraction of sp³-hybridized carbons (Fsp3) is 0. The molecule has 20 heavy (non-hydrogen) atoms. The highest BCUT2D eigenvalue weighted by Gasteiger charge is 2.08. The number of benzene rings is 3. The van der Waals surface area contributed by atoms with Crippen LogP contribution in [0.15, 0.2) is 66.7 Å². The predicted octanol–water partition coefficient (Wildman–Crippen LogP) is 3.67. The maximum atomic E-state index is 12.2. The van der Waals surface area contributed by atoms with E-state index in [9.17, 15) is 4.79 Å². The summed E-state index contributed by atoms with van der Waals surface area (Å²) in [5.74, 6) is -0.159. The number of anilines is 2. The van der Waals surface area contributed by atoms with Crippen LogP contribution in [-0.4, -0.2) is 5.91 Å². The number of fused-ring (bicyclic) bond motifs is 1. The van der Waals surface area contributed by atoms with E-state index in [1.54, 1.807) is 24.3 Å². The van der Waals surface area contributed by atoms with Gasteiger partial charge >= 0.3 is 0 Å². The maximum Gasteiger partial charge on any atom is 0.255 e. The van der Waals surface area contributed by atoms with Gasteiger partial charge in [-0.1, -0.05) is 42.5 Å². The predicted molar refractivity (Wildman–Crippen MR) is 82.8 cm³/mol. The molecule has 98 valence electrons. The summed E-state index contributed by atoms with van der Waals surface area (Å²) in [4.78, 5) is 12.2. The molecule has 1 amide bonds. The molecule has 3 aromatic carbocycles. The zero-order valence-corrected chi connectivity index (χ0v) is 10.8. The minimum absolute atomic E-state index is 0.159. The van der Waals surface area contributed by atoms with Gasteiger partial charge in [-0.3, -0.25) is 4.79 Å². The van der Waals surface area contributed by atoms with Gasteiger partial charge in [-0.15, -0.1) is 0 Å². The van der Waals surface area contributed by atoms with Crippen LogP contribution in [0.5, 0.6) is 0 Å². The van der Waals surface area contributed by atoms with Crippen molar-refractivity contribution in [3.8, 4) is 0 Å². The molecule has 0 unspecified atom stereocenters. The molecule has 0 radical (unpaired) electrons. The van der Waals surface area contributed by atoms with Gasteiger partial charge in [-0.05, 0) is 29.7 Å². The lowest BCUT2D eigenvalue weighted by Gasteiger charge is -2.09. The lowest BCUT2D eigenvalue weighted by atomic mass is 10.1. The van der Waals surface area contributed by atoms with E-state index in [2.05, 4.69) is 5.32 Å². The molecule has 0 aromatic heterocycles. The third-order valence-corrected chi connectivity index (χ3v) is 3.19. The second-order valence-corrected chi connectivity index (χ2v) is 4.61. The van der Waals surface area contributed by atoms with Gasteiger partial charge in [0.15, 0.2) is 0 Å². The van der Waals surface area contributed by atoms with Crippen LogP contribution in [0.2, 0.25) is 0 Å². The molecule has 3 N–H and O–H groups in total. The van der Waals surface area contributed by atoms with E-state index in [0.29, 0.717) is 11.3 Å². The van der Waals surface area contributed by atoms with Crippen LogP contribution in [0.4, 0.5) is 11.4 Å². The molecule has 0 aliphatic carbocycles. The number of nitrogens with two attached hydrogens (primary N) is 1. The van der Waals surface area contributed by atoms with Gasteiger partial charge in [0, 0.05) is 22.3 Å². The van der Waals surface area contributed by atoms with E-state index in [0.717, 1.165) is 16.5 Å². The molecular formula is C17H14N2O. The summed E-state index contributed by atoms with van der Waals surface area (Å²) in [5.41, 5.74) is 7.63. The van der Waals surface area contributed by atoms with Gasteiger partial charge < -0.3 is 11.1 Å². The molecule has 0 bridgehead atoms. The van der Waals surface area contributed by atoms with Crippen LogP contribution in [0.1, 0.15) is 10.4 Å². The van der Waals surface area contributed by atoms with Crippen molar-refractivity contribution in [3.63, 3.8) is 0 Å². The van der Waals surface area contributed by atoms with Crippen molar-refractivity contribution in [3.05, 3.63) is 72.3 Å². The van der Waals surface area contributed by atoms with Crippen molar-refractivity contribution in [2.75, 3.05) is 11.1 Å². The van der Waals surface area contributed by atoms with E-state index >= 15 is 0 Å². The summed E-state index contributed by atoms with van der Waals surface area (Å²) in [6, 6.07) is 20.7. The molecule has 3 rings (SSSR count). The lowest BCUT2D eigenvalue weighted by molar-refractivity contribution is 0.102. The summed E-state index contributed by atoms with van der Waals surface area (Å²) in [5, 5.41) is 5.05. The third-order valence-electron chi connectivity index (χ3n) is 3.19. The van der Waals surface area contributed by atoms with E-state index in [4.69, 9.17) is 5.73 Å². The first-order chi connectivity index (χ1) is 9.74. The molecule has 0 spiro atoms. The zero-order chi connectivity index (χ0) is 13.9. The van der Waals surface area contributed by atoms with Gasteiger partial charge in [0.2, 0.25) is 0 Å². The summed E-state index contributed by atoms with van der Waals surface area (Å²) in [6.45, 7) is 0. The molecule has 0 atom stereocenters. The van der Waals surface area contributed by atoms with Crippen molar-refractivity contribution >= 4 is 28.1 Å². The van der Waals surface area contributed by atoms with Crippen molar-refractivity contribution in [2.24, 2.45) is 0 Å². The number of nitrogen functional groups attached to an aromatic ring is 1.